The van der Waals surface area contributed by atoms with E-state index in [1.807, 2.05) is 48.0 Å². The molecule has 9 amide bonds. The molecule has 4 aromatic heterocycles. The summed E-state index contributed by atoms with van der Waals surface area (Å²) in [5.41, 5.74) is 9.08. The van der Waals surface area contributed by atoms with E-state index in [9.17, 15) is 61.2 Å². The van der Waals surface area contributed by atoms with Crippen LogP contribution in [0.3, 0.4) is 0 Å². The number of H-pyrrole nitrogens is 1. The lowest BCUT2D eigenvalue weighted by Crippen LogP contribution is -2.64. The number of carbonyl (C=O) groups excluding carboxylic acids is 8. The van der Waals surface area contributed by atoms with Crippen LogP contribution < -0.4 is 32.3 Å². The summed E-state index contributed by atoms with van der Waals surface area (Å²) >= 11 is 1.37. The Morgan fingerprint density at radius 1 is 0.814 bits per heavy atom. The first-order chi connectivity index (χ1) is 48.5. The average Bonchev–Trinajstić information content (AvgIpc) is 0.716. The molecule has 102 heavy (non-hydrogen) atoms. The number of nitrogens with one attached hydrogen (secondary N) is 6. The van der Waals surface area contributed by atoms with Crippen molar-refractivity contribution >= 4 is 107 Å². The molecule has 0 spiro atoms. The third-order valence-electron chi connectivity index (χ3n) is 19.6. The fourth-order valence-electron chi connectivity index (χ4n) is 16.2. The van der Waals surface area contributed by atoms with Gasteiger partial charge in [-0.1, -0.05) is 81.9 Å². The maximum absolute atomic E-state index is 13.9. The minimum Gasteiger partial charge on any atom is -0.476 e. The lowest BCUT2D eigenvalue weighted by molar-refractivity contribution is -0.248. The molecule has 1 aliphatic heterocycles. The number of hydrogen-bond donors (Lipinski definition) is 9. The Morgan fingerprint density at radius 3 is 2.25 bits per heavy atom. The minimum atomic E-state index is -4.51. The predicted octanol–water partition coefficient (Wildman–Crippen LogP) is 9.12. The van der Waals surface area contributed by atoms with Crippen LogP contribution in [-0.2, 0) is 56.7 Å². The molecular weight excluding hydrogens is 1350 g/mol. The summed E-state index contributed by atoms with van der Waals surface area (Å²) in [6.07, 6.45) is 10.0. The van der Waals surface area contributed by atoms with Crippen LogP contribution >= 0.6 is 11.3 Å². The maximum Gasteiger partial charge on any atom is 0.410 e. The van der Waals surface area contributed by atoms with Crippen molar-refractivity contribution < 1.29 is 70.7 Å². The molecule has 28 nitrogen and oxygen atoms in total. The summed E-state index contributed by atoms with van der Waals surface area (Å²) in [5.74, 6) is -5.10. The number of amides is 9. The van der Waals surface area contributed by atoms with E-state index in [-0.39, 0.29) is 97.7 Å². The first-order valence-corrected chi connectivity index (χ1v) is 36.5. The Balaban J connectivity index is 0.703. The van der Waals surface area contributed by atoms with E-state index in [0.29, 0.717) is 82.2 Å². The van der Waals surface area contributed by atoms with Crippen LogP contribution in [0, 0.1) is 29.1 Å². The number of nitrogens with two attached hydrogens (primary N) is 1. The van der Waals surface area contributed by atoms with Gasteiger partial charge in [-0.05, 0) is 147 Å². The van der Waals surface area contributed by atoms with Gasteiger partial charge >= 0.3 is 18.1 Å². The van der Waals surface area contributed by atoms with Gasteiger partial charge in [0.25, 0.3) is 27.8 Å². The number of thiazole rings is 1. The van der Waals surface area contributed by atoms with Gasteiger partial charge in [0, 0.05) is 79.2 Å². The SMILES string of the molecule is Cc1c(-c2ccc(-c3cc4cccc(C(=O)Nc5nc6ccccc6s5)c4[nH]3)nc2C(=O)O)cnn1CC12CC3(C)CC(C)(C1)CC(OCCN(CCS(=O)(=O)O)C(=O)OCc1ccc(NC(=O)C(CCCNC(N)=O)NC(=O)[C@@H](NC(=O)CCCCCN4C(=O)C=CC4=O)C(C)C)cc1)(C3)C2. The number of carboxylic acids is 1. The summed E-state index contributed by atoms with van der Waals surface area (Å²) in [6, 6.07) is 21.7. The number of aromatic nitrogens is 5. The fourth-order valence-corrected chi connectivity index (χ4v) is 17.5. The van der Waals surface area contributed by atoms with Crippen LogP contribution in [0.2, 0.25) is 0 Å². The Hall–Kier alpha value is -9.91. The molecule has 4 aliphatic carbocycles. The summed E-state index contributed by atoms with van der Waals surface area (Å²) < 4.78 is 49.6. The second-order valence-electron chi connectivity index (χ2n) is 28.6. The van der Waals surface area contributed by atoms with Crippen molar-refractivity contribution in [3.8, 4) is 22.5 Å². The second kappa shape index (κ2) is 30.3. The Bertz CT molecular complexity index is 4480. The molecule has 4 bridgehead atoms. The summed E-state index contributed by atoms with van der Waals surface area (Å²) in [4.78, 5) is 131. The van der Waals surface area contributed by atoms with E-state index in [0.717, 1.165) is 58.3 Å². The molecule has 12 rings (SSSR count). The van der Waals surface area contributed by atoms with Gasteiger partial charge in [0.1, 0.15) is 18.7 Å². The number of benzene rings is 3. The number of anilines is 2. The highest BCUT2D eigenvalue weighted by atomic mass is 32.2. The van der Waals surface area contributed by atoms with Crippen LogP contribution in [0.25, 0.3) is 43.6 Å². The van der Waals surface area contributed by atoms with Crippen molar-refractivity contribution in [2.45, 2.75) is 143 Å². The van der Waals surface area contributed by atoms with Crippen molar-refractivity contribution in [1.29, 1.82) is 0 Å². The number of para-hydroxylation sites is 2. The zero-order valence-electron chi connectivity index (χ0n) is 57.5. The molecule has 0 radical (unpaired) electrons. The molecule has 3 aromatic carbocycles. The van der Waals surface area contributed by atoms with Gasteiger partial charge in [-0.15, -0.1) is 0 Å². The second-order valence-corrected chi connectivity index (χ2v) is 31.2. The highest BCUT2D eigenvalue weighted by molar-refractivity contribution is 7.85. The largest absolute Gasteiger partial charge is 0.476 e. The summed E-state index contributed by atoms with van der Waals surface area (Å²) in [6.45, 7) is 10.1. The lowest BCUT2D eigenvalue weighted by Gasteiger charge is -2.69. The van der Waals surface area contributed by atoms with Gasteiger partial charge in [-0.25, -0.2) is 24.4 Å². The van der Waals surface area contributed by atoms with Crippen LogP contribution in [0.5, 0.6) is 0 Å². The fraction of sp³-hybridized carbons (Fsp3) is 0.444. The number of hydrogen-bond acceptors (Lipinski definition) is 17. The Kier molecular flexibility index (Phi) is 21.8. The molecule has 3 unspecified atom stereocenters. The molecule has 10 N–H and O–H groups in total. The molecule has 4 saturated carbocycles. The zero-order chi connectivity index (χ0) is 72.9. The van der Waals surface area contributed by atoms with Gasteiger partial charge in [-0.2, -0.15) is 13.5 Å². The Labute approximate surface area is 593 Å². The van der Waals surface area contributed by atoms with E-state index in [1.165, 1.54) is 28.4 Å². The number of fused-ring (bicyclic) bond motifs is 2. The molecule has 5 aliphatic rings. The third-order valence-corrected chi connectivity index (χ3v) is 21.3. The number of aromatic carboxylic acids is 1. The van der Waals surface area contributed by atoms with Gasteiger partial charge in [0.2, 0.25) is 17.7 Å². The van der Waals surface area contributed by atoms with Crippen LogP contribution in [0.1, 0.15) is 137 Å². The number of carboxylic acid groups (broad SMARTS) is 1. The first kappa shape index (κ1) is 73.3. The number of unbranched alkanes of at least 4 members (excludes halogenated alkanes) is 2. The number of urea groups is 1. The number of pyridine rings is 1. The van der Waals surface area contributed by atoms with Crippen molar-refractivity contribution in [3.05, 3.63) is 126 Å². The topological polar surface area (TPSA) is 399 Å². The number of carbonyl (C=O) groups is 9. The van der Waals surface area contributed by atoms with E-state index < -0.39 is 75.9 Å². The monoisotopic (exact) mass is 1440 g/mol. The van der Waals surface area contributed by atoms with Gasteiger partial charge in [0.15, 0.2) is 10.8 Å². The molecule has 4 atom stereocenters. The van der Waals surface area contributed by atoms with Crippen molar-refractivity contribution in [2.75, 3.05) is 49.2 Å². The normalized spacial score (nSPS) is 20.4. The average molecular weight is 1440 g/mol. The van der Waals surface area contributed by atoms with Gasteiger partial charge < -0.3 is 51.5 Å². The molecule has 30 heteroatoms. The van der Waals surface area contributed by atoms with Crippen molar-refractivity contribution in [3.63, 3.8) is 0 Å². The van der Waals surface area contributed by atoms with Crippen LogP contribution in [0.4, 0.5) is 20.4 Å². The van der Waals surface area contributed by atoms with E-state index in [1.54, 1.807) is 68.6 Å². The summed E-state index contributed by atoms with van der Waals surface area (Å²) in [5, 5.41) is 30.5. The van der Waals surface area contributed by atoms with E-state index in [4.69, 9.17) is 20.3 Å². The lowest BCUT2D eigenvalue weighted by atomic mass is 9.39. The van der Waals surface area contributed by atoms with Gasteiger partial charge in [-0.3, -0.25) is 48.2 Å². The maximum atomic E-state index is 13.9. The quantitative estimate of drug-likeness (QED) is 0.0108. The molecule has 7 aromatic rings. The van der Waals surface area contributed by atoms with Crippen molar-refractivity contribution in [2.24, 2.45) is 27.9 Å². The first-order valence-electron chi connectivity index (χ1n) is 34.1. The smallest absolute Gasteiger partial charge is 0.410 e. The van der Waals surface area contributed by atoms with Crippen LogP contribution in [0.15, 0.2) is 103 Å². The number of ether oxygens (including phenoxy) is 2. The van der Waals surface area contributed by atoms with E-state index >= 15 is 0 Å². The third kappa shape index (κ3) is 17.5. The molecule has 540 valence electrons. The number of aromatic amines is 1. The van der Waals surface area contributed by atoms with E-state index in [2.05, 4.69) is 55.4 Å². The number of nitrogens with zero attached hydrogens (tertiary/aromatic N) is 6. The standard InChI is InChI=1S/C72H85N13O15S2/c1-43(2)59(81-56(86)18-7-6-10-28-84-57(87)25-26-58(84)88)64(91)79-53(16-12-27-74-66(73)94)63(90)76-47-21-19-45(20-22-47)35-99-68(95)83(30-32-102(96,97)98)29-31-100-72-39-69(4)36-70(5,40-72)38-71(37-69,41-72)42-85-44(3)50(34-75-85)48-23-24-51(77-61(48)65(92)93)54-33-46-13-11-14-49(60(46)78-54)62(89)82-67-80-52-15-8-9-17-55(52)101-67/h8-9,11,13-15,17,19-26,33-34,43,53,59,78H,6-7,10,12,16,18,27-32,35-42H2,1-5H3,(H,76,90)(H,79,91)(H,81,86)(H,92,93)(H3,73,74,94)(H,80,82,89)(H,96,97,98)/t53?,59-,69?,70?,71?,72?/m0/s1. The summed E-state index contributed by atoms with van der Waals surface area (Å²) in [7, 11) is -4.51. The molecular formula is C72H85N13O15S2. The molecule has 5 heterocycles. The molecule has 0 saturated heterocycles. The van der Waals surface area contributed by atoms with Crippen LogP contribution in [-0.4, -0.2) is 162 Å². The number of imide groups is 1. The van der Waals surface area contributed by atoms with Crippen molar-refractivity contribution in [1.82, 2.24) is 50.5 Å². The number of primary amides is 1. The predicted molar refractivity (Wildman–Crippen MR) is 380 cm³/mol. The van der Waals surface area contributed by atoms with Gasteiger partial charge in [0.05, 0.1) is 56.8 Å². The molecule has 4 fully saturated rings. The highest BCUT2D eigenvalue weighted by Crippen LogP contribution is 2.72. The highest BCUT2D eigenvalue weighted by Gasteiger charge is 2.66. The zero-order valence-corrected chi connectivity index (χ0v) is 59.1. The minimum absolute atomic E-state index is 0.0216. The Morgan fingerprint density at radius 2 is 1.55 bits per heavy atom. The number of rotatable bonds is 32.